The normalized spacial score (nSPS) is 16.7. The van der Waals surface area contributed by atoms with Crippen LogP contribution in [-0.2, 0) is 11.3 Å². The highest BCUT2D eigenvalue weighted by Gasteiger charge is 2.39. The fourth-order valence-corrected chi connectivity index (χ4v) is 2.93. The number of benzene rings is 1. The number of anilines is 1. The number of urea groups is 1. The van der Waals surface area contributed by atoms with Crippen molar-refractivity contribution >= 4 is 11.7 Å². The van der Waals surface area contributed by atoms with Crippen molar-refractivity contribution in [2.24, 2.45) is 5.92 Å². The zero-order valence-corrected chi connectivity index (χ0v) is 15.3. The molecule has 1 aromatic carbocycles. The van der Waals surface area contributed by atoms with Gasteiger partial charge in [-0.2, -0.15) is 13.2 Å². The molecule has 0 spiro atoms. The molecule has 2 aliphatic rings. The summed E-state index contributed by atoms with van der Waals surface area (Å²) in [6.45, 7) is 0.938. The molecule has 1 N–H and O–H groups in total. The van der Waals surface area contributed by atoms with Gasteiger partial charge in [0.15, 0.2) is 6.73 Å². The van der Waals surface area contributed by atoms with Gasteiger partial charge in [-0.1, -0.05) is 25.0 Å². The molecule has 0 atom stereocenters. The molecule has 1 fully saturated rings. The number of nitrogens with zero attached hydrogens (tertiary/aromatic N) is 2. The van der Waals surface area contributed by atoms with Crippen LogP contribution in [-0.4, -0.2) is 37.4 Å². The van der Waals surface area contributed by atoms with Crippen LogP contribution in [0.4, 0.5) is 23.7 Å². The summed E-state index contributed by atoms with van der Waals surface area (Å²) in [6, 6.07) is 6.91. The zero-order chi connectivity index (χ0) is 19.4. The van der Waals surface area contributed by atoms with E-state index in [0.29, 0.717) is 18.8 Å². The van der Waals surface area contributed by atoms with E-state index in [2.05, 4.69) is 10.1 Å². The largest absolute Gasteiger partial charge is 0.466 e. The predicted molar refractivity (Wildman–Crippen MR) is 95.8 cm³/mol. The lowest BCUT2D eigenvalue weighted by Crippen LogP contribution is -2.37. The van der Waals surface area contributed by atoms with Gasteiger partial charge in [0.25, 0.3) is 0 Å². The highest BCUT2D eigenvalue weighted by molar-refractivity contribution is 5.73. The van der Waals surface area contributed by atoms with Crippen LogP contribution < -0.4 is 10.2 Å². The van der Waals surface area contributed by atoms with Gasteiger partial charge in [0.2, 0.25) is 5.76 Å². The number of ether oxygens (including phenoxy) is 1. The van der Waals surface area contributed by atoms with E-state index in [0.717, 1.165) is 24.1 Å². The number of carbonyl (C=O) groups is 1. The molecule has 0 saturated heterocycles. The van der Waals surface area contributed by atoms with E-state index in [1.807, 2.05) is 0 Å². The maximum atomic E-state index is 12.6. The summed E-state index contributed by atoms with van der Waals surface area (Å²) in [6.07, 6.45) is 1.29. The first kappa shape index (κ1) is 19.4. The van der Waals surface area contributed by atoms with Crippen molar-refractivity contribution in [3.8, 4) is 0 Å². The van der Waals surface area contributed by atoms with Crippen LogP contribution in [0.5, 0.6) is 0 Å². The number of hydrogen-bond donors (Lipinski definition) is 1. The first-order chi connectivity index (χ1) is 12.8. The molecule has 8 heteroatoms. The number of amides is 2. The molecule has 148 valence electrons. The quantitative estimate of drug-likeness (QED) is 0.717. The maximum absolute atomic E-state index is 12.6. The molecule has 1 aromatic rings. The summed E-state index contributed by atoms with van der Waals surface area (Å²) in [5.74, 6) is -0.133. The summed E-state index contributed by atoms with van der Waals surface area (Å²) >= 11 is 0. The first-order valence-electron chi connectivity index (χ1n) is 9.09. The molecule has 1 aliphatic carbocycles. The van der Waals surface area contributed by atoms with Gasteiger partial charge in [-0.25, -0.2) is 4.79 Å². The Labute approximate surface area is 156 Å². The van der Waals surface area contributed by atoms with Gasteiger partial charge in [-0.05, 0) is 36.5 Å². The standard InChI is InChI=1S/C19H24F3N3O2/c1-24(18(26)23-10-2-3-14-4-5-14)11-15-6-8-16(9-7-15)25-12-17(27-13-25)19(20,21)22/h6-9,12,14H,2-5,10-11,13H2,1H3,(H,23,26). The van der Waals surface area contributed by atoms with Gasteiger partial charge < -0.3 is 19.9 Å². The van der Waals surface area contributed by atoms with Gasteiger partial charge in [0, 0.05) is 25.8 Å². The molecular formula is C19H24F3N3O2. The van der Waals surface area contributed by atoms with E-state index >= 15 is 0 Å². The van der Waals surface area contributed by atoms with E-state index in [4.69, 9.17) is 0 Å². The first-order valence-corrected chi connectivity index (χ1v) is 9.09. The van der Waals surface area contributed by atoms with Crippen molar-refractivity contribution in [2.75, 3.05) is 25.2 Å². The molecule has 3 rings (SSSR count). The number of rotatable bonds is 7. The smallest absolute Gasteiger partial charge is 0.450 e. The number of nitrogens with one attached hydrogen (secondary N) is 1. The minimum Gasteiger partial charge on any atom is -0.466 e. The topological polar surface area (TPSA) is 44.8 Å². The number of hydrogen-bond acceptors (Lipinski definition) is 3. The summed E-state index contributed by atoms with van der Waals surface area (Å²) in [4.78, 5) is 15.1. The molecule has 0 aromatic heterocycles. The molecule has 1 heterocycles. The van der Waals surface area contributed by atoms with Gasteiger partial charge in [0.1, 0.15) is 0 Å². The van der Waals surface area contributed by atoms with Crippen molar-refractivity contribution in [1.82, 2.24) is 10.2 Å². The maximum Gasteiger partial charge on any atom is 0.450 e. The SMILES string of the molecule is CN(Cc1ccc(N2C=C(C(F)(F)F)OC2)cc1)C(=O)NCCCC1CC1. The van der Waals surface area contributed by atoms with Crippen LogP contribution in [0.1, 0.15) is 31.2 Å². The van der Waals surface area contributed by atoms with Crippen molar-refractivity contribution in [3.05, 3.63) is 41.8 Å². The van der Waals surface area contributed by atoms with Gasteiger partial charge in [0.05, 0.1) is 6.20 Å². The van der Waals surface area contributed by atoms with Crippen molar-refractivity contribution in [2.45, 2.75) is 38.4 Å². The average molecular weight is 383 g/mol. The van der Waals surface area contributed by atoms with Crippen LogP contribution in [0.15, 0.2) is 36.2 Å². The molecular weight excluding hydrogens is 359 g/mol. The second-order valence-electron chi connectivity index (χ2n) is 7.07. The summed E-state index contributed by atoms with van der Waals surface area (Å²) in [5.41, 5.74) is 1.50. The molecule has 0 unspecified atom stereocenters. The lowest BCUT2D eigenvalue weighted by Gasteiger charge is -2.19. The zero-order valence-electron chi connectivity index (χ0n) is 15.3. The van der Waals surface area contributed by atoms with Crippen LogP contribution >= 0.6 is 0 Å². The fourth-order valence-electron chi connectivity index (χ4n) is 2.93. The highest BCUT2D eigenvalue weighted by atomic mass is 19.4. The number of alkyl halides is 3. The molecule has 1 saturated carbocycles. The molecule has 0 radical (unpaired) electrons. The van der Waals surface area contributed by atoms with Gasteiger partial charge in [-0.3, -0.25) is 0 Å². The van der Waals surface area contributed by atoms with Crippen molar-refractivity contribution < 1.29 is 22.7 Å². The minimum atomic E-state index is -4.48. The Hall–Kier alpha value is -2.38. The Bertz CT molecular complexity index is 684. The van der Waals surface area contributed by atoms with E-state index in [1.165, 1.54) is 24.2 Å². The predicted octanol–water partition coefficient (Wildman–Crippen LogP) is 4.22. The Morgan fingerprint density at radius 3 is 2.59 bits per heavy atom. The van der Waals surface area contributed by atoms with Gasteiger partial charge in [-0.15, -0.1) is 0 Å². The van der Waals surface area contributed by atoms with Crippen LogP contribution in [0.2, 0.25) is 0 Å². The van der Waals surface area contributed by atoms with Crippen LogP contribution in [0.3, 0.4) is 0 Å². The molecule has 5 nitrogen and oxygen atoms in total. The van der Waals surface area contributed by atoms with E-state index in [-0.39, 0.29) is 12.8 Å². The summed E-state index contributed by atoms with van der Waals surface area (Å²) < 4.78 is 42.5. The van der Waals surface area contributed by atoms with Crippen LogP contribution in [0.25, 0.3) is 0 Å². The van der Waals surface area contributed by atoms with Crippen molar-refractivity contribution in [1.29, 1.82) is 0 Å². The summed E-state index contributed by atoms with van der Waals surface area (Å²) in [7, 11) is 1.72. The third-order valence-corrected chi connectivity index (χ3v) is 4.71. The third-order valence-electron chi connectivity index (χ3n) is 4.71. The van der Waals surface area contributed by atoms with Crippen LogP contribution in [0, 0.1) is 5.92 Å². The lowest BCUT2D eigenvalue weighted by molar-refractivity contribution is -0.126. The van der Waals surface area contributed by atoms with E-state index < -0.39 is 11.9 Å². The molecule has 1 aliphatic heterocycles. The number of allylic oxidation sites excluding steroid dienone is 1. The molecule has 2 amide bonds. The monoisotopic (exact) mass is 383 g/mol. The highest BCUT2D eigenvalue weighted by Crippen LogP contribution is 2.33. The van der Waals surface area contributed by atoms with Crippen molar-refractivity contribution in [3.63, 3.8) is 0 Å². The fraction of sp³-hybridized carbons (Fsp3) is 0.526. The van der Waals surface area contributed by atoms with E-state index in [9.17, 15) is 18.0 Å². The lowest BCUT2D eigenvalue weighted by atomic mass is 10.2. The Balaban J connectivity index is 1.47. The van der Waals surface area contributed by atoms with E-state index in [1.54, 1.807) is 36.2 Å². The molecule has 27 heavy (non-hydrogen) atoms. The third kappa shape index (κ3) is 5.55. The Morgan fingerprint density at radius 1 is 1.30 bits per heavy atom. The second-order valence-corrected chi connectivity index (χ2v) is 7.07. The number of carbonyl (C=O) groups excluding carboxylic acids is 1. The second kappa shape index (κ2) is 8.10. The Kier molecular flexibility index (Phi) is 5.82. The number of halogens is 3. The van der Waals surface area contributed by atoms with Gasteiger partial charge >= 0.3 is 12.2 Å². The Morgan fingerprint density at radius 2 is 2.00 bits per heavy atom. The molecule has 0 bridgehead atoms. The average Bonchev–Trinajstić information content (AvgIpc) is 3.30. The minimum absolute atomic E-state index is 0.124. The summed E-state index contributed by atoms with van der Waals surface area (Å²) in [5, 5.41) is 2.91.